The fourth-order valence-electron chi connectivity index (χ4n) is 6.93. The van der Waals surface area contributed by atoms with Gasteiger partial charge in [-0.25, -0.2) is 4.98 Å². The van der Waals surface area contributed by atoms with Gasteiger partial charge >= 0.3 is 5.97 Å². The quantitative estimate of drug-likeness (QED) is 0.343. The number of carbonyl (C=O) groups excluding carboxylic acids is 1. The Morgan fingerprint density at radius 2 is 2.09 bits per heavy atom. The van der Waals surface area contributed by atoms with Crippen molar-refractivity contribution in [2.24, 2.45) is 28.6 Å². The van der Waals surface area contributed by atoms with Gasteiger partial charge < -0.3 is 19.4 Å². The minimum atomic E-state index is -0.382. The number of methoxy groups -OCH3 is 1. The highest BCUT2D eigenvalue weighted by Gasteiger charge is 2.88. The first-order chi connectivity index (χ1) is 16.7. The van der Waals surface area contributed by atoms with E-state index in [0.717, 1.165) is 17.7 Å². The number of ether oxygens (including phenoxy) is 2. The van der Waals surface area contributed by atoms with Crippen LogP contribution in [-0.4, -0.2) is 39.2 Å². The van der Waals surface area contributed by atoms with Gasteiger partial charge in [0.05, 0.1) is 25.5 Å². The van der Waals surface area contributed by atoms with Crippen molar-refractivity contribution in [3.8, 4) is 5.75 Å². The summed E-state index contributed by atoms with van der Waals surface area (Å²) in [5, 5.41) is 4.08. The van der Waals surface area contributed by atoms with Gasteiger partial charge in [0, 0.05) is 23.2 Å². The van der Waals surface area contributed by atoms with Crippen molar-refractivity contribution in [2.45, 2.75) is 39.8 Å². The van der Waals surface area contributed by atoms with Gasteiger partial charge in [-0.15, -0.1) is 0 Å². The van der Waals surface area contributed by atoms with Crippen LogP contribution < -0.4 is 10.1 Å². The van der Waals surface area contributed by atoms with Crippen LogP contribution in [0, 0.1) is 28.6 Å². The van der Waals surface area contributed by atoms with Gasteiger partial charge in [0.2, 0.25) is 5.28 Å². The summed E-state index contributed by atoms with van der Waals surface area (Å²) in [6.45, 7) is 7.19. The minimum absolute atomic E-state index is 0.0528. The summed E-state index contributed by atoms with van der Waals surface area (Å²) in [6, 6.07) is 5.59. The fraction of sp³-hybridized carbons (Fsp3) is 0.520. The molecule has 0 amide bonds. The van der Waals surface area contributed by atoms with E-state index in [2.05, 4.69) is 38.7 Å². The van der Waals surface area contributed by atoms with Gasteiger partial charge in [0.1, 0.15) is 5.75 Å². The highest BCUT2D eigenvalue weighted by atomic mass is 35.5. The molecule has 0 unspecified atom stereocenters. The van der Waals surface area contributed by atoms with E-state index in [1.807, 2.05) is 25.4 Å². The molecule has 5 atom stereocenters. The number of nitrogens with zero attached hydrogens (tertiary/aromatic N) is 4. The lowest BCUT2D eigenvalue weighted by molar-refractivity contribution is -0.151. The maximum absolute atomic E-state index is 13.0. The van der Waals surface area contributed by atoms with Crippen LogP contribution in [0.25, 0.3) is 11.2 Å². The van der Waals surface area contributed by atoms with Crippen molar-refractivity contribution in [1.29, 1.82) is 0 Å². The maximum Gasteiger partial charge on any atom is 0.312 e. The maximum atomic E-state index is 13.0. The van der Waals surface area contributed by atoms with E-state index in [9.17, 15) is 4.79 Å². The molecule has 0 saturated heterocycles. The number of aromatic nitrogens is 4. The molecule has 0 aliphatic heterocycles. The molecule has 3 fully saturated rings. The molecular weight excluding hydrogens is 489 g/mol. The molecule has 3 aliphatic carbocycles. The average Bonchev–Trinajstić information content (AvgIpc) is 3.55. The number of fused-ring (bicyclic) bond motifs is 4. The summed E-state index contributed by atoms with van der Waals surface area (Å²) in [5.41, 5.74) is 1.87. The number of carbonyl (C=O) groups is 1. The number of benzene rings is 1. The Bertz CT molecular complexity index is 1360. The van der Waals surface area contributed by atoms with Crippen molar-refractivity contribution >= 4 is 46.2 Å². The summed E-state index contributed by atoms with van der Waals surface area (Å²) in [4.78, 5) is 26.6. The Morgan fingerprint density at radius 1 is 1.29 bits per heavy atom. The SMILES string of the molecule is CCOC(=O)[C@]12C[C@@H]1[C@H](n1cnc3c(NCc4cc(Cl)ccc4OC)nc(Cl)nc31)[C@H]1[C@@H]2C1(C)C. The van der Waals surface area contributed by atoms with Crippen molar-refractivity contribution in [1.82, 2.24) is 19.5 Å². The fourth-order valence-corrected chi connectivity index (χ4v) is 7.29. The van der Waals surface area contributed by atoms with E-state index in [0.29, 0.717) is 47.0 Å². The summed E-state index contributed by atoms with van der Waals surface area (Å²) in [7, 11) is 1.62. The second-order valence-electron chi connectivity index (χ2n) is 10.4. The summed E-state index contributed by atoms with van der Waals surface area (Å²) < 4.78 is 13.1. The Hall–Kier alpha value is -2.58. The molecule has 2 heterocycles. The van der Waals surface area contributed by atoms with Crippen LogP contribution >= 0.6 is 23.2 Å². The van der Waals surface area contributed by atoms with Crippen molar-refractivity contribution in [2.75, 3.05) is 19.0 Å². The largest absolute Gasteiger partial charge is 0.496 e. The third-order valence-electron chi connectivity index (χ3n) is 8.36. The van der Waals surface area contributed by atoms with E-state index in [-0.39, 0.29) is 34.0 Å². The Kier molecular flexibility index (Phi) is 5.03. The number of nitrogens with one attached hydrogen (secondary N) is 1. The predicted molar refractivity (Wildman–Crippen MR) is 133 cm³/mol. The van der Waals surface area contributed by atoms with E-state index in [1.165, 1.54) is 0 Å². The van der Waals surface area contributed by atoms with E-state index >= 15 is 0 Å². The van der Waals surface area contributed by atoms with Gasteiger partial charge in [0.15, 0.2) is 17.0 Å². The zero-order valence-corrected chi connectivity index (χ0v) is 21.5. The van der Waals surface area contributed by atoms with Crippen LogP contribution in [-0.2, 0) is 16.1 Å². The molecule has 0 spiro atoms. The zero-order chi connectivity index (χ0) is 24.7. The number of imidazole rings is 1. The first kappa shape index (κ1) is 22.9. The number of rotatable bonds is 7. The third-order valence-corrected chi connectivity index (χ3v) is 8.77. The molecule has 6 rings (SSSR count). The highest BCUT2D eigenvalue weighted by molar-refractivity contribution is 6.30. The molecule has 3 aliphatic rings. The van der Waals surface area contributed by atoms with E-state index in [1.54, 1.807) is 13.2 Å². The smallest absolute Gasteiger partial charge is 0.312 e. The molecule has 184 valence electrons. The van der Waals surface area contributed by atoms with Gasteiger partial charge in [-0.05, 0) is 66.3 Å². The normalized spacial score (nSPS) is 29.4. The molecule has 2 aromatic heterocycles. The monoisotopic (exact) mass is 515 g/mol. The average molecular weight is 516 g/mol. The number of hydrogen-bond acceptors (Lipinski definition) is 7. The summed E-state index contributed by atoms with van der Waals surface area (Å²) in [6.07, 6.45) is 2.66. The molecule has 10 heteroatoms. The lowest BCUT2D eigenvalue weighted by Crippen LogP contribution is -2.26. The van der Waals surface area contributed by atoms with Crippen LogP contribution in [0.4, 0.5) is 5.82 Å². The van der Waals surface area contributed by atoms with Crippen LogP contribution in [0.5, 0.6) is 5.75 Å². The Balaban J connectivity index is 1.34. The first-order valence-electron chi connectivity index (χ1n) is 11.9. The molecular formula is C25H27Cl2N5O3. The second-order valence-corrected chi connectivity index (χ2v) is 11.1. The third kappa shape index (κ3) is 3.18. The van der Waals surface area contributed by atoms with Gasteiger partial charge in [-0.3, -0.25) is 4.79 Å². The van der Waals surface area contributed by atoms with Crippen LogP contribution in [0.2, 0.25) is 10.3 Å². The predicted octanol–water partition coefficient (Wildman–Crippen LogP) is 5.15. The second kappa shape index (κ2) is 7.71. The van der Waals surface area contributed by atoms with E-state index < -0.39 is 0 Å². The number of hydrogen-bond donors (Lipinski definition) is 1. The summed E-state index contributed by atoms with van der Waals surface area (Å²) >= 11 is 12.6. The van der Waals surface area contributed by atoms with Crippen molar-refractivity contribution in [3.63, 3.8) is 0 Å². The number of halogens is 2. The van der Waals surface area contributed by atoms with Gasteiger partial charge in [-0.2, -0.15) is 9.97 Å². The lowest BCUT2D eigenvalue weighted by Gasteiger charge is -2.22. The van der Waals surface area contributed by atoms with Crippen LogP contribution in [0.1, 0.15) is 38.8 Å². The van der Waals surface area contributed by atoms with Crippen molar-refractivity contribution < 1.29 is 14.3 Å². The standard InChI is InChI=1S/C25H27Cl2N5O3/c1-5-35-22(33)25-9-14(25)18(16-19(25)24(16,2)3)32-11-29-17-20(30-23(27)31-21(17)32)28-10-12-8-13(26)6-7-15(12)34-4/h6-8,11,14,16,18-19H,5,9-10H2,1-4H3,(H,28,30,31)/t14-,16+,18+,19-,25-/m1/s1. The Morgan fingerprint density at radius 3 is 2.83 bits per heavy atom. The van der Waals surface area contributed by atoms with Gasteiger partial charge in [0.25, 0.3) is 0 Å². The molecule has 0 bridgehead atoms. The molecule has 1 N–H and O–H groups in total. The summed E-state index contributed by atoms with van der Waals surface area (Å²) in [5.74, 6) is 2.11. The molecule has 3 aromatic rings. The zero-order valence-electron chi connectivity index (χ0n) is 20.0. The Labute approximate surface area is 213 Å². The van der Waals surface area contributed by atoms with Gasteiger partial charge in [-0.1, -0.05) is 25.4 Å². The lowest BCUT2D eigenvalue weighted by atomic mass is 9.90. The minimum Gasteiger partial charge on any atom is -0.496 e. The van der Waals surface area contributed by atoms with E-state index in [4.69, 9.17) is 32.7 Å². The highest BCUT2D eigenvalue weighted by Crippen LogP contribution is 2.88. The molecule has 35 heavy (non-hydrogen) atoms. The number of esters is 1. The van der Waals surface area contributed by atoms with Crippen LogP contribution in [0.3, 0.4) is 0 Å². The van der Waals surface area contributed by atoms with Crippen molar-refractivity contribution in [3.05, 3.63) is 40.4 Å². The molecule has 1 aromatic carbocycles. The molecule has 3 saturated carbocycles. The molecule has 0 radical (unpaired) electrons. The van der Waals surface area contributed by atoms with Crippen LogP contribution in [0.15, 0.2) is 24.5 Å². The first-order valence-corrected chi connectivity index (χ1v) is 12.6. The number of anilines is 1. The topological polar surface area (TPSA) is 91.2 Å². The molecule has 8 nitrogen and oxygen atoms in total.